The van der Waals surface area contributed by atoms with Crippen LogP contribution in [0.5, 0.6) is 0 Å². The summed E-state index contributed by atoms with van der Waals surface area (Å²) in [6.07, 6.45) is -0.146. The van der Waals surface area contributed by atoms with E-state index in [1.54, 1.807) is 25.2 Å². The van der Waals surface area contributed by atoms with Gasteiger partial charge in [-0.25, -0.2) is 4.98 Å². The molecule has 0 aliphatic heterocycles. The molecule has 0 unspecified atom stereocenters. The van der Waals surface area contributed by atoms with Crippen molar-refractivity contribution in [3.05, 3.63) is 47.5 Å². The number of nitrogens with zero attached hydrogens (tertiary/aromatic N) is 2. The number of amides is 1. The lowest BCUT2D eigenvalue weighted by Gasteiger charge is -2.10. The number of nitrogen functional groups attached to an aromatic ring is 1. The van der Waals surface area contributed by atoms with E-state index in [1.807, 2.05) is 29.8 Å². The zero-order valence-electron chi connectivity index (χ0n) is 16.1. The first-order chi connectivity index (χ1) is 13.8. The van der Waals surface area contributed by atoms with Gasteiger partial charge in [-0.15, -0.1) is 0 Å². The van der Waals surface area contributed by atoms with E-state index >= 15 is 0 Å². The number of aromatic nitrogens is 2. The van der Waals surface area contributed by atoms with Crippen LogP contribution in [0.3, 0.4) is 0 Å². The lowest BCUT2D eigenvalue weighted by Crippen LogP contribution is -2.26. The molecule has 0 fully saturated rings. The normalized spacial score (nSPS) is 10.7. The average molecular weight is 394 g/mol. The second kappa shape index (κ2) is 8.01. The number of fused-ring (bicyclic) bond motifs is 1. The SMILES string of the molecule is CNc1cc2c(cc1C(=O)NCCC(=O)O)nc(-c1ccc(C(=N)N)cc1)n2C. The maximum atomic E-state index is 12.5. The maximum Gasteiger partial charge on any atom is 0.305 e. The number of imidazole rings is 1. The van der Waals surface area contributed by atoms with Crippen molar-refractivity contribution in [2.45, 2.75) is 6.42 Å². The van der Waals surface area contributed by atoms with Crippen molar-refractivity contribution in [1.82, 2.24) is 14.9 Å². The van der Waals surface area contributed by atoms with Gasteiger partial charge < -0.3 is 26.0 Å². The van der Waals surface area contributed by atoms with E-state index in [4.69, 9.17) is 16.2 Å². The number of carbonyl (C=O) groups excluding carboxylic acids is 1. The molecule has 9 heteroatoms. The van der Waals surface area contributed by atoms with Crippen LogP contribution in [0.4, 0.5) is 5.69 Å². The molecule has 2 aromatic carbocycles. The predicted molar refractivity (Wildman–Crippen MR) is 111 cm³/mol. The molecule has 150 valence electrons. The highest BCUT2D eigenvalue weighted by Gasteiger charge is 2.17. The fraction of sp³-hybridized carbons (Fsp3) is 0.200. The van der Waals surface area contributed by atoms with Gasteiger partial charge in [-0.1, -0.05) is 24.3 Å². The Morgan fingerprint density at radius 3 is 2.52 bits per heavy atom. The third kappa shape index (κ3) is 4.03. The number of nitrogens with one attached hydrogen (secondary N) is 3. The van der Waals surface area contributed by atoms with Gasteiger partial charge in [-0.2, -0.15) is 0 Å². The number of hydrogen-bond donors (Lipinski definition) is 5. The number of nitrogens with two attached hydrogens (primary N) is 1. The Morgan fingerprint density at radius 1 is 1.24 bits per heavy atom. The summed E-state index contributed by atoms with van der Waals surface area (Å²) in [4.78, 5) is 27.8. The van der Waals surface area contributed by atoms with Gasteiger partial charge >= 0.3 is 5.97 Å². The molecule has 0 atom stereocenters. The van der Waals surface area contributed by atoms with Crippen LogP contribution in [0.2, 0.25) is 0 Å². The highest BCUT2D eigenvalue weighted by atomic mass is 16.4. The van der Waals surface area contributed by atoms with Gasteiger partial charge in [0.05, 0.1) is 23.0 Å². The molecule has 9 nitrogen and oxygen atoms in total. The fourth-order valence-electron chi connectivity index (χ4n) is 3.07. The lowest BCUT2D eigenvalue weighted by molar-refractivity contribution is -0.136. The highest BCUT2D eigenvalue weighted by Crippen LogP contribution is 2.28. The Morgan fingerprint density at radius 2 is 1.93 bits per heavy atom. The van der Waals surface area contributed by atoms with Crippen molar-refractivity contribution >= 4 is 34.4 Å². The van der Waals surface area contributed by atoms with Gasteiger partial charge in [0, 0.05) is 37.5 Å². The minimum absolute atomic E-state index is 0.00114. The van der Waals surface area contributed by atoms with E-state index in [0.29, 0.717) is 28.2 Å². The number of carbonyl (C=O) groups is 2. The van der Waals surface area contributed by atoms with Gasteiger partial charge in [0.1, 0.15) is 11.7 Å². The number of rotatable bonds is 7. The number of aliphatic carboxylic acids is 1. The third-order valence-electron chi connectivity index (χ3n) is 4.61. The monoisotopic (exact) mass is 394 g/mol. The zero-order valence-corrected chi connectivity index (χ0v) is 16.1. The first kappa shape index (κ1) is 19.9. The number of anilines is 1. The van der Waals surface area contributed by atoms with Gasteiger partial charge in [0.15, 0.2) is 0 Å². The summed E-state index contributed by atoms with van der Waals surface area (Å²) in [7, 11) is 3.60. The number of amidine groups is 1. The van der Waals surface area contributed by atoms with E-state index in [2.05, 4.69) is 15.6 Å². The second-order valence-corrected chi connectivity index (χ2v) is 6.52. The molecule has 0 aliphatic rings. The molecule has 29 heavy (non-hydrogen) atoms. The summed E-state index contributed by atoms with van der Waals surface area (Å²) < 4.78 is 1.92. The van der Waals surface area contributed by atoms with E-state index in [-0.39, 0.29) is 24.7 Å². The number of carboxylic acids is 1. The molecular weight excluding hydrogens is 372 g/mol. The number of benzene rings is 2. The van der Waals surface area contributed by atoms with Crippen LogP contribution in [-0.2, 0) is 11.8 Å². The van der Waals surface area contributed by atoms with Crippen molar-refractivity contribution in [2.75, 3.05) is 18.9 Å². The predicted octanol–water partition coefficient (Wildman–Crippen LogP) is 1.77. The molecule has 0 aliphatic carbocycles. The van der Waals surface area contributed by atoms with Crippen LogP contribution >= 0.6 is 0 Å². The smallest absolute Gasteiger partial charge is 0.305 e. The van der Waals surface area contributed by atoms with E-state index < -0.39 is 5.97 Å². The minimum Gasteiger partial charge on any atom is -0.481 e. The van der Waals surface area contributed by atoms with E-state index in [9.17, 15) is 9.59 Å². The molecule has 0 bridgehead atoms. The lowest BCUT2D eigenvalue weighted by atomic mass is 10.1. The Kier molecular flexibility index (Phi) is 5.49. The first-order valence-corrected chi connectivity index (χ1v) is 8.95. The molecule has 3 aromatic rings. The Bertz CT molecular complexity index is 1100. The molecule has 0 spiro atoms. The fourth-order valence-corrected chi connectivity index (χ4v) is 3.07. The number of aryl methyl sites for hydroxylation is 1. The zero-order chi connectivity index (χ0) is 21.1. The van der Waals surface area contributed by atoms with Crippen molar-refractivity contribution in [1.29, 1.82) is 5.41 Å². The topological polar surface area (TPSA) is 146 Å². The molecule has 0 saturated carbocycles. The van der Waals surface area contributed by atoms with Crippen molar-refractivity contribution in [3.63, 3.8) is 0 Å². The van der Waals surface area contributed by atoms with Crippen LogP contribution in [0, 0.1) is 5.41 Å². The Hall–Kier alpha value is -3.88. The summed E-state index contributed by atoms with van der Waals surface area (Å²) in [5, 5.41) is 21.9. The molecule has 3 rings (SSSR count). The summed E-state index contributed by atoms with van der Waals surface area (Å²) in [6.45, 7) is 0.0469. The summed E-state index contributed by atoms with van der Waals surface area (Å²) in [5.74, 6) is -0.630. The van der Waals surface area contributed by atoms with Crippen molar-refractivity contribution in [2.24, 2.45) is 12.8 Å². The maximum absolute atomic E-state index is 12.5. The van der Waals surface area contributed by atoms with Gasteiger partial charge in [0.2, 0.25) is 0 Å². The van der Waals surface area contributed by atoms with E-state index in [0.717, 1.165) is 11.1 Å². The van der Waals surface area contributed by atoms with Crippen LogP contribution < -0.4 is 16.4 Å². The molecule has 1 heterocycles. The number of hydrogen-bond acceptors (Lipinski definition) is 5. The van der Waals surface area contributed by atoms with E-state index in [1.165, 1.54) is 0 Å². The summed E-state index contributed by atoms with van der Waals surface area (Å²) in [5.41, 5.74) is 9.47. The molecule has 0 saturated heterocycles. The van der Waals surface area contributed by atoms with Crippen LogP contribution in [0.15, 0.2) is 36.4 Å². The van der Waals surface area contributed by atoms with Crippen molar-refractivity contribution in [3.8, 4) is 11.4 Å². The second-order valence-electron chi connectivity index (χ2n) is 6.52. The molecule has 6 N–H and O–H groups in total. The molecule has 0 radical (unpaired) electrons. The van der Waals surface area contributed by atoms with Crippen LogP contribution in [0.25, 0.3) is 22.4 Å². The van der Waals surface area contributed by atoms with Crippen molar-refractivity contribution < 1.29 is 14.7 Å². The summed E-state index contributed by atoms with van der Waals surface area (Å²) >= 11 is 0. The quantitative estimate of drug-likeness (QED) is 0.305. The summed E-state index contributed by atoms with van der Waals surface area (Å²) in [6, 6.07) is 10.7. The van der Waals surface area contributed by atoms with Crippen LogP contribution in [0.1, 0.15) is 22.3 Å². The highest BCUT2D eigenvalue weighted by molar-refractivity contribution is 6.04. The molecule has 1 amide bonds. The largest absolute Gasteiger partial charge is 0.481 e. The van der Waals surface area contributed by atoms with Gasteiger partial charge in [0.25, 0.3) is 5.91 Å². The minimum atomic E-state index is -0.972. The van der Waals surface area contributed by atoms with Gasteiger partial charge in [-0.3, -0.25) is 15.0 Å². The van der Waals surface area contributed by atoms with Gasteiger partial charge in [-0.05, 0) is 12.1 Å². The standard InChI is InChI=1S/C20H22N6O3/c1-23-14-10-16-15(9-13(14)20(29)24-8-7-17(27)28)25-19(26(16)2)12-5-3-11(4-6-12)18(21)22/h3-6,9-10,23H,7-8H2,1-2H3,(H3,21,22)(H,24,29)(H,27,28). The van der Waals surface area contributed by atoms with Crippen LogP contribution in [-0.4, -0.2) is 46.0 Å². The molecule has 1 aromatic heterocycles. The third-order valence-corrected chi connectivity index (χ3v) is 4.61. The average Bonchev–Trinajstić information content (AvgIpc) is 3.02. The Balaban J connectivity index is 1.99. The molecular formula is C20H22N6O3. The first-order valence-electron chi connectivity index (χ1n) is 8.95. The Labute approximate surface area is 167 Å². The number of carboxylic acid groups (broad SMARTS) is 1.